The van der Waals surface area contributed by atoms with Gasteiger partial charge in [0.1, 0.15) is 5.75 Å². The molecular weight excluding hydrogens is 254 g/mol. The maximum atomic E-state index is 11.7. The number of hydrogen-bond donors (Lipinski definition) is 1. The Labute approximate surface area is 120 Å². The van der Waals surface area contributed by atoms with E-state index >= 15 is 0 Å². The van der Waals surface area contributed by atoms with Gasteiger partial charge in [-0.1, -0.05) is 0 Å². The SMILES string of the molecule is CN(C)C(C)(C)CNC(=O)COc1ccc(C#N)cc1. The van der Waals surface area contributed by atoms with Crippen LogP contribution in [-0.2, 0) is 4.79 Å². The first-order chi connectivity index (χ1) is 9.35. The Hall–Kier alpha value is -2.06. The number of likely N-dealkylation sites (N-methyl/N-ethyl adjacent to an activating group) is 1. The highest BCUT2D eigenvalue weighted by Crippen LogP contribution is 2.11. The highest BCUT2D eigenvalue weighted by atomic mass is 16.5. The van der Waals surface area contributed by atoms with Crippen molar-refractivity contribution >= 4 is 5.91 Å². The molecule has 0 saturated carbocycles. The Kier molecular flexibility index (Phi) is 5.53. The van der Waals surface area contributed by atoms with Crippen molar-refractivity contribution in [3.63, 3.8) is 0 Å². The molecule has 1 aromatic rings. The summed E-state index contributed by atoms with van der Waals surface area (Å²) in [6.07, 6.45) is 0. The highest BCUT2D eigenvalue weighted by Gasteiger charge is 2.20. The maximum absolute atomic E-state index is 11.7. The summed E-state index contributed by atoms with van der Waals surface area (Å²) in [5, 5.41) is 11.5. The summed E-state index contributed by atoms with van der Waals surface area (Å²) in [5.74, 6) is 0.412. The summed E-state index contributed by atoms with van der Waals surface area (Å²) < 4.78 is 5.36. The normalized spacial score (nSPS) is 11.0. The highest BCUT2D eigenvalue weighted by molar-refractivity contribution is 5.77. The Morgan fingerprint density at radius 1 is 1.35 bits per heavy atom. The molecule has 1 amide bonds. The number of rotatable bonds is 6. The molecule has 0 radical (unpaired) electrons. The van der Waals surface area contributed by atoms with E-state index in [-0.39, 0.29) is 18.1 Å². The molecule has 1 N–H and O–H groups in total. The molecule has 108 valence electrons. The Balaban J connectivity index is 2.38. The molecular formula is C15H21N3O2. The van der Waals surface area contributed by atoms with Gasteiger partial charge in [0, 0.05) is 12.1 Å². The third-order valence-corrected chi connectivity index (χ3v) is 3.28. The molecule has 20 heavy (non-hydrogen) atoms. The standard InChI is InChI=1S/C15H21N3O2/c1-15(2,18(3)4)11-17-14(19)10-20-13-7-5-12(9-16)6-8-13/h5-8H,10-11H2,1-4H3,(H,17,19). The average molecular weight is 275 g/mol. The Morgan fingerprint density at radius 2 is 1.95 bits per heavy atom. The van der Waals surface area contributed by atoms with Crippen molar-refractivity contribution < 1.29 is 9.53 Å². The second-order valence-corrected chi connectivity index (χ2v) is 5.41. The van der Waals surface area contributed by atoms with Crippen LogP contribution in [0.3, 0.4) is 0 Å². The van der Waals surface area contributed by atoms with Crippen LogP contribution in [0.4, 0.5) is 0 Å². The van der Waals surface area contributed by atoms with Crippen LogP contribution in [0.1, 0.15) is 19.4 Å². The van der Waals surface area contributed by atoms with Crippen molar-refractivity contribution in [2.24, 2.45) is 0 Å². The minimum atomic E-state index is -0.163. The van der Waals surface area contributed by atoms with E-state index < -0.39 is 0 Å². The predicted molar refractivity (Wildman–Crippen MR) is 77.4 cm³/mol. The second kappa shape index (κ2) is 6.92. The zero-order valence-corrected chi connectivity index (χ0v) is 12.4. The lowest BCUT2D eigenvalue weighted by atomic mass is 10.0. The van der Waals surface area contributed by atoms with Gasteiger partial charge in [-0.05, 0) is 52.2 Å². The maximum Gasteiger partial charge on any atom is 0.258 e. The van der Waals surface area contributed by atoms with Crippen LogP contribution in [0.5, 0.6) is 5.75 Å². The van der Waals surface area contributed by atoms with Gasteiger partial charge in [0.25, 0.3) is 5.91 Å². The number of amides is 1. The molecule has 1 rings (SSSR count). The van der Waals surface area contributed by atoms with Gasteiger partial charge in [-0.15, -0.1) is 0 Å². The Bertz CT molecular complexity index is 487. The van der Waals surface area contributed by atoms with Crippen molar-refractivity contribution in [1.29, 1.82) is 5.26 Å². The van der Waals surface area contributed by atoms with Crippen molar-refractivity contribution in [2.75, 3.05) is 27.2 Å². The predicted octanol–water partition coefficient (Wildman–Crippen LogP) is 1.39. The van der Waals surface area contributed by atoms with Crippen LogP contribution in [0, 0.1) is 11.3 Å². The van der Waals surface area contributed by atoms with E-state index in [1.807, 2.05) is 20.2 Å². The van der Waals surface area contributed by atoms with Crippen LogP contribution in [-0.4, -0.2) is 43.6 Å². The summed E-state index contributed by atoms with van der Waals surface area (Å²) >= 11 is 0. The monoisotopic (exact) mass is 275 g/mol. The quantitative estimate of drug-likeness (QED) is 0.852. The molecule has 0 spiro atoms. The molecule has 0 aromatic heterocycles. The number of nitrogens with one attached hydrogen (secondary N) is 1. The smallest absolute Gasteiger partial charge is 0.258 e. The number of ether oxygens (including phenoxy) is 1. The first-order valence-corrected chi connectivity index (χ1v) is 6.42. The molecule has 0 unspecified atom stereocenters. The summed E-state index contributed by atoms with van der Waals surface area (Å²) in [7, 11) is 3.94. The van der Waals surface area contributed by atoms with Crippen molar-refractivity contribution in [2.45, 2.75) is 19.4 Å². The van der Waals surface area contributed by atoms with E-state index in [4.69, 9.17) is 10.00 Å². The molecule has 5 nitrogen and oxygen atoms in total. The molecule has 0 bridgehead atoms. The van der Waals surface area contributed by atoms with Crippen LogP contribution in [0.25, 0.3) is 0 Å². The third kappa shape index (κ3) is 4.90. The third-order valence-electron chi connectivity index (χ3n) is 3.28. The molecule has 0 saturated heterocycles. The van der Waals surface area contributed by atoms with Gasteiger partial charge >= 0.3 is 0 Å². The Morgan fingerprint density at radius 3 is 2.45 bits per heavy atom. The van der Waals surface area contributed by atoms with Crippen LogP contribution >= 0.6 is 0 Å². The summed E-state index contributed by atoms with van der Waals surface area (Å²) in [5.41, 5.74) is 0.457. The number of benzene rings is 1. The fourth-order valence-electron chi connectivity index (χ4n) is 1.30. The van der Waals surface area contributed by atoms with Gasteiger partial charge in [-0.2, -0.15) is 5.26 Å². The van der Waals surface area contributed by atoms with Gasteiger partial charge in [-0.25, -0.2) is 0 Å². The number of nitriles is 1. The van der Waals surface area contributed by atoms with Crippen molar-refractivity contribution in [3.05, 3.63) is 29.8 Å². The van der Waals surface area contributed by atoms with E-state index in [0.29, 0.717) is 17.9 Å². The van der Waals surface area contributed by atoms with Crippen LogP contribution < -0.4 is 10.1 Å². The lowest BCUT2D eigenvalue weighted by Crippen LogP contribution is -2.48. The summed E-state index contributed by atoms with van der Waals surface area (Å²) in [6, 6.07) is 8.69. The van der Waals surface area contributed by atoms with Gasteiger partial charge in [0.2, 0.25) is 0 Å². The first kappa shape index (κ1) is 16.0. The minimum absolute atomic E-state index is 0.0323. The fraction of sp³-hybridized carbons (Fsp3) is 0.467. The zero-order chi connectivity index (χ0) is 15.2. The summed E-state index contributed by atoms with van der Waals surface area (Å²) in [6.45, 7) is 4.62. The lowest BCUT2D eigenvalue weighted by Gasteiger charge is -2.32. The number of carbonyl (C=O) groups is 1. The molecule has 0 aliphatic rings. The molecule has 0 aliphatic heterocycles. The van der Waals surface area contributed by atoms with E-state index in [2.05, 4.69) is 24.1 Å². The average Bonchev–Trinajstić information content (AvgIpc) is 2.43. The zero-order valence-electron chi connectivity index (χ0n) is 12.4. The van der Waals surface area contributed by atoms with E-state index in [0.717, 1.165) is 0 Å². The fourth-order valence-corrected chi connectivity index (χ4v) is 1.30. The second-order valence-electron chi connectivity index (χ2n) is 5.41. The molecule has 0 fully saturated rings. The van der Waals surface area contributed by atoms with Gasteiger partial charge in [-0.3, -0.25) is 4.79 Å². The van der Waals surface area contributed by atoms with Gasteiger partial charge in [0.15, 0.2) is 6.61 Å². The van der Waals surface area contributed by atoms with Crippen molar-refractivity contribution in [3.8, 4) is 11.8 Å². The van der Waals surface area contributed by atoms with E-state index in [1.165, 1.54) is 0 Å². The van der Waals surface area contributed by atoms with Gasteiger partial charge in [0.05, 0.1) is 11.6 Å². The molecule has 0 aliphatic carbocycles. The largest absolute Gasteiger partial charge is 0.484 e. The van der Waals surface area contributed by atoms with Crippen LogP contribution in [0.15, 0.2) is 24.3 Å². The summed E-state index contributed by atoms with van der Waals surface area (Å²) in [4.78, 5) is 13.8. The lowest BCUT2D eigenvalue weighted by molar-refractivity contribution is -0.123. The molecule has 0 heterocycles. The van der Waals surface area contributed by atoms with Crippen LogP contribution in [0.2, 0.25) is 0 Å². The first-order valence-electron chi connectivity index (χ1n) is 6.42. The topological polar surface area (TPSA) is 65.4 Å². The van der Waals surface area contributed by atoms with E-state index in [1.54, 1.807) is 24.3 Å². The molecule has 1 aromatic carbocycles. The molecule has 5 heteroatoms. The number of hydrogen-bond acceptors (Lipinski definition) is 4. The molecule has 0 atom stereocenters. The minimum Gasteiger partial charge on any atom is -0.484 e. The van der Waals surface area contributed by atoms with Gasteiger partial charge < -0.3 is 15.0 Å². The van der Waals surface area contributed by atoms with E-state index in [9.17, 15) is 4.79 Å². The van der Waals surface area contributed by atoms with Crippen molar-refractivity contribution in [1.82, 2.24) is 10.2 Å². The number of nitrogens with zero attached hydrogens (tertiary/aromatic N) is 2. The number of carbonyl (C=O) groups excluding carboxylic acids is 1.